The molecule has 0 spiro atoms. The fourth-order valence-electron chi connectivity index (χ4n) is 2.98. The van der Waals surface area contributed by atoms with E-state index in [4.69, 9.17) is 4.74 Å². The zero-order valence-corrected chi connectivity index (χ0v) is 14.8. The monoisotopic (exact) mass is 365 g/mol. The smallest absolute Gasteiger partial charge is 0.124 e. The number of nitrogens with one attached hydrogen (secondary N) is 1. The number of fused-ring (bicyclic) bond motifs is 1. The molecule has 21 heavy (non-hydrogen) atoms. The number of aryl methyl sites for hydroxylation is 2. The van der Waals surface area contributed by atoms with E-state index in [1.54, 1.807) is 10.4 Å². The first-order valence-corrected chi connectivity index (χ1v) is 9.05. The van der Waals surface area contributed by atoms with Crippen molar-refractivity contribution >= 4 is 27.3 Å². The molecule has 0 radical (unpaired) electrons. The number of ether oxygens (including phenoxy) is 1. The van der Waals surface area contributed by atoms with Gasteiger partial charge in [-0.3, -0.25) is 0 Å². The predicted molar refractivity (Wildman–Crippen MR) is 92.6 cm³/mol. The summed E-state index contributed by atoms with van der Waals surface area (Å²) in [4.78, 5) is 2.96. The zero-order chi connectivity index (χ0) is 14.8. The van der Waals surface area contributed by atoms with Crippen LogP contribution in [0, 0.1) is 0 Å². The number of benzene rings is 1. The minimum atomic E-state index is 0.194. The van der Waals surface area contributed by atoms with Crippen LogP contribution < -0.4 is 10.1 Å². The summed E-state index contributed by atoms with van der Waals surface area (Å²) in [6, 6.07) is 8.83. The second kappa shape index (κ2) is 6.51. The van der Waals surface area contributed by atoms with Crippen molar-refractivity contribution in [1.29, 1.82) is 0 Å². The van der Waals surface area contributed by atoms with E-state index in [1.165, 1.54) is 29.7 Å². The van der Waals surface area contributed by atoms with Crippen LogP contribution in [0.5, 0.6) is 5.75 Å². The Morgan fingerprint density at radius 2 is 2.19 bits per heavy atom. The maximum absolute atomic E-state index is 5.82. The third-order valence-corrected chi connectivity index (χ3v) is 5.72. The van der Waals surface area contributed by atoms with Gasteiger partial charge in [-0.25, -0.2) is 0 Å². The highest BCUT2D eigenvalue weighted by Gasteiger charge is 2.23. The van der Waals surface area contributed by atoms with Gasteiger partial charge in [0.15, 0.2) is 0 Å². The highest BCUT2D eigenvalue weighted by atomic mass is 79.9. The van der Waals surface area contributed by atoms with Gasteiger partial charge in [0.2, 0.25) is 0 Å². The van der Waals surface area contributed by atoms with Crippen molar-refractivity contribution in [1.82, 2.24) is 5.32 Å². The molecular weight excluding hydrogens is 346 g/mol. The van der Waals surface area contributed by atoms with Gasteiger partial charge in [0, 0.05) is 19.8 Å². The van der Waals surface area contributed by atoms with Crippen molar-refractivity contribution < 1.29 is 4.74 Å². The third kappa shape index (κ3) is 3.03. The number of hydrogen-bond acceptors (Lipinski definition) is 3. The van der Waals surface area contributed by atoms with Gasteiger partial charge in [0.05, 0.1) is 12.6 Å². The van der Waals surface area contributed by atoms with E-state index in [0.717, 1.165) is 10.2 Å². The fourth-order valence-corrected chi connectivity index (χ4v) is 4.74. The highest BCUT2D eigenvalue weighted by molar-refractivity contribution is 9.10. The molecule has 1 aliphatic rings. The fraction of sp³-hybridized carbons (Fsp3) is 0.412. The van der Waals surface area contributed by atoms with Crippen LogP contribution in [0.1, 0.15) is 40.3 Å². The second-order valence-electron chi connectivity index (χ2n) is 5.29. The van der Waals surface area contributed by atoms with Crippen molar-refractivity contribution in [2.75, 3.05) is 13.7 Å². The van der Waals surface area contributed by atoms with Crippen molar-refractivity contribution in [3.8, 4) is 5.75 Å². The van der Waals surface area contributed by atoms with Gasteiger partial charge >= 0.3 is 0 Å². The Kier molecular flexibility index (Phi) is 4.67. The minimum absolute atomic E-state index is 0.194. The Balaban J connectivity index is 2.00. The molecule has 1 aliphatic carbocycles. The van der Waals surface area contributed by atoms with Crippen molar-refractivity contribution in [2.45, 2.75) is 32.2 Å². The molecule has 0 aliphatic heterocycles. The quantitative estimate of drug-likeness (QED) is 0.828. The summed E-state index contributed by atoms with van der Waals surface area (Å²) in [6.45, 7) is 2.71. The lowest BCUT2D eigenvalue weighted by Gasteiger charge is -2.19. The Morgan fingerprint density at radius 1 is 1.33 bits per heavy atom. The molecule has 1 atom stereocenters. The van der Waals surface area contributed by atoms with Gasteiger partial charge < -0.3 is 10.1 Å². The maximum atomic E-state index is 5.82. The Morgan fingerprint density at radius 3 is 2.90 bits per heavy atom. The Bertz CT molecular complexity index is 616. The average Bonchev–Trinajstić information content (AvgIpc) is 3.04. The molecular formula is C17H20BrNOS. The van der Waals surface area contributed by atoms with E-state index in [-0.39, 0.29) is 6.04 Å². The second-order valence-corrected chi connectivity index (χ2v) is 7.37. The standard InChI is InChI=1S/C17H20BrNOS/c1-3-20-14-8-7-12(18)10-13(14)17(19-2)16-9-11-5-4-6-15(11)21-16/h7-10,17,19H,3-6H2,1-2H3. The summed E-state index contributed by atoms with van der Waals surface area (Å²) in [5, 5.41) is 3.46. The van der Waals surface area contributed by atoms with Crippen LogP contribution >= 0.6 is 27.3 Å². The Hall–Kier alpha value is -0.840. The first kappa shape index (κ1) is 15.1. The number of thiophene rings is 1. The normalized spacial score (nSPS) is 15.0. The first-order chi connectivity index (χ1) is 10.2. The van der Waals surface area contributed by atoms with Crippen LogP contribution in [0.2, 0.25) is 0 Å². The molecule has 1 unspecified atom stereocenters. The van der Waals surface area contributed by atoms with E-state index < -0.39 is 0 Å². The zero-order valence-electron chi connectivity index (χ0n) is 12.4. The third-order valence-electron chi connectivity index (χ3n) is 3.92. The van der Waals surface area contributed by atoms with Gasteiger partial charge in [-0.2, -0.15) is 0 Å². The van der Waals surface area contributed by atoms with Gasteiger partial charge in [0.25, 0.3) is 0 Å². The van der Waals surface area contributed by atoms with Gasteiger partial charge in [-0.15, -0.1) is 11.3 Å². The molecule has 0 amide bonds. The maximum Gasteiger partial charge on any atom is 0.124 e. The molecule has 0 saturated carbocycles. The van der Waals surface area contributed by atoms with E-state index >= 15 is 0 Å². The molecule has 0 bridgehead atoms. The molecule has 0 fully saturated rings. The van der Waals surface area contributed by atoms with Crippen LogP contribution in [-0.2, 0) is 12.8 Å². The van der Waals surface area contributed by atoms with Gasteiger partial charge in [-0.05, 0) is 63.1 Å². The molecule has 112 valence electrons. The molecule has 2 aromatic rings. The molecule has 1 aromatic heterocycles. The van der Waals surface area contributed by atoms with Crippen molar-refractivity contribution in [2.24, 2.45) is 0 Å². The largest absolute Gasteiger partial charge is 0.494 e. The number of halogens is 1. The summed E-state index contributed by atoms with van der Waals surface area (Å²) in [6.07, 6.45) is 3.79. The number of rotatable bonds is 5. The van der Waals surface area contributed by atoms with Crippen molar-refractivity contribution in [3.05, 3.63) is 49.6 Å². The van der Waals surface area contributed by atoms with E-state index in [2.05, 4.69) is 39.4 Å². The average molecular weight is 366 g/mol. The molecule has 0 saturated heterocycles. The molecule has 1 aromatic carbocycles. The van der Waals surface area contributed by atoms with Gasteiger partial charge in [0.1, 0.15) is 5.75 Å². The van der Waals surface area contributed by atoms with E-state index in [9.17, 15) is 0 Å². The Labute approximate surface area is 138 Å². The molecule has 1 N–H and O–H groups in total. The van der Waals surface area contributed by atoms with Crippen LogP contribution in [0.15, 0.2) is 28.7 Å². The summed E-state index contributed by atoms with van der Waals surface area (Å²) in [5.41, 5.74) is 2.75. The van der Waals surface area contributed by atoms with E-state index in [1.807, 2.05) is 31.4 Å². The van der Waals surface area contributed by atoms with E-state index in [0.29, 0.717) is 6.61 Å². The summed E-state index contributed by atoms with van der Waals surface area (Å²) in [5.74, 6) is 0.966. The van der Waals surface area contributed by atoms with Crippen LogP contribution in [0.4, 0.5) is 0 Å². The number of hydrogen-bond donors (Lipinski definition) is 1. The lowest BCUT2D eigenvalue weighted by atomic mass is 10.0. The molecule has 4 heteroatoms. The summed E-state index contributed by atoms with van der Waals surface area (Å²) < 4.78 is 6.91. The van der Waals surface area contributed by atoms with Crippen LogP contribution in [-0.4, -0.2) is 13.7 Å². The summed E-state index contributed by atoms with van der Waals surface area (Å²) in [7, 11) is 2.02. The summed E-state index contributed by atoms with van der Waals surface area (Å²) >= 11 is 5.53. The lowest BCUT2D eigenvalue weighted by molar-refractivity contribution is 0.334. The van der Waals surface area contributed by atoms with Crippen LogP contribution in [0.3, 0.4) is 0 Å². The topological polar surface area (TPSA) is 21.3 Å². The lowest BCUT2D eigenvalue weighted by Crippen LogP contribution is -2.17. The minimum Gasteiger partial charge on any atom is -0.494 e. The van der Waals surface area contributed by atoms with Crippen LogP contribution in [0.25, 0.3) is 0 Å². The van der Waals surface area contributed by atoms with Crippen molar-refractivity contribution in [3.63, 3.8) is 0 Å². The van der Waals surface area contributed by atoms with Gasteiger partial charge in [-0.1, -0.05) is 15.9 Å². The first-order valence-electron chi connectivity index (χ1n) is 7.44. The SMILES string of the molecule is CCOc1ccc(Br)cc1C(NC)c1cc2c(s1)CCC2. The molecule has 3 rings (SSSR count). The predicted octanol–water partition coefficient (Wildman–Crippen LogP) is 4.71. The molecule has 2 nitrogen and oxygen atoms in total. The molecule has 1 heterocycles. The highest BCUT2D eigenvalue weighted by Crippen LogP contribution is 2.39.